The number of carbonyl (C=O) groups is 1. The Hall–Kier alpha value is -1.28. The van der Waals surface area contributed by atoms with Crippen LogP contribution in [0.4, 0.5) is 0 Å². The molecule has 20 heavy (non-hydrogen) atoms. The zero-order valence-corrected chi connectivity index (χ0v) is 12.6. The highest BCUT2D eigenvalue weighted by atomic mass is 35.5. The highest BCUT2D eigenvalue weighted by Crippen LogP contribution is 2.25. The number of morpholine rings is 1. The van der Waals surface area contributed by atoms with Crippen LogP contribution in [0, 0.1) is 11.3 Å². The number of carbonyl (C=O) groups excluding carboxylic acids is 1. The number of rotatable bonds is 1. The molecule has 1 heterocycles. The molecule has 2 rings (SSSR count). The van der Waals surface area contributed by atoms with Crippen molar-refractivity contribution >= 4 is 29.1 Å². The first kappa shape index (κ1) is 15.1. The fourth-order valence-electron chi connectivity index (χ4n) is 2.31. The topological polar surface area (TPSA) is 53.3 Å². The number of halogens is 2. The average Bonchev–Trinajstić information content (AvgIpc) is 2.40. The molecule has 0 aliphatic carbocycles. The van der Waals surface area contributed by atoms with Crippen LogP contribution in [0.15, 0.2) is 18.2 Å². The number of amides is 1. The van der Waals surface area contributed by atoms with Gasteiger partial charge in [-0.15, -0.1) is 0 Å². The molecule has 0 radical (unpaired) electrons. The normalized spacial score (nSPS) is 26.1. The van der Waals surface area contributed by atoms with Crippen molar-refractivity contribution < 1.29 is 9.53 Å². The van der Waals surface area contributed by atoms with E-state index >= 15 is 0 Å². The Balaban J connectivity index is 2.30. The third-order valence-corrected chi connectivity index (χ3v) is 3.98. The van der Waals surface area contributed by atoms with Crippen LogP contribution in [0.2, 0.25) is 10.0 Å². The van der Waals surface area contributed by atoms with Gasteiger partial charge in [0, 0.05) is 12.1 Å². The van der Waals surface area contributed by atoms with Gasteiger partial charge >= 0.3 is 0 Å². The molecule has 6 heteroatoms. The number of hydrogen-bond donors (Lipinski definition) is 0. The first-order valence-electron chi connectivity index (χ1n) is 6.25. The van der Waals surface area contributed by atoms with Crippen molar-refractivity contribution in [3.8, 4) is 6.07 Å². The summed E-state index contributed by atoms with van der Waals surface area (Å²) < 4.78 is 5.59. The lowest BCUT2D eigenvalue weighted by molar-refractivity contribution is -0.0771. The Morgan fingerprint density at radius 3 is 2.70 bits per heavy atom. The fourth-order valence-corrected chi connectivity index (χ4v) is 2.60. The Morgan fingerprint density at radius 1 is 1.40 bits per heavy atom. The van der Waals surface area contributed by atoms with Gasteiger partial charge in [-0.25, -0.2) is 0 Å². The van der Waals surface area contributed by atoms with Gasteiger partial charge in [0.1, 0.15) is 6.04 Å². The van der Waals surface area contributed by atoms with E-state index in [-0.39, 0.29) is 18.1 Å². The third kappa shape index (κ3) is 2.90. The molecule has 1 saturated heterocycles. The fraction of sp³-hybridized carbons (Fsp3) is 0.429. The zero-order chi connectivity index (χ0) is 14.9. The van der Waals surface area contributed by atoms with Crippen LogP contribution in [-0.4, -0.2) is 35.6 Å². The molecule has 0 aromatic heterocycles. The Morgan fingerprint density at radius 2 is 2.10 bits per heavy atom. The molecular weight excluding hydrogens is 299 g/mol. The molecule has 0 N–H and O–H groups in total. The predicted molar refractivity (Wildman–Crippen MR) is 76.9 cm³/mol. The predicted octanol–water partition coefficient (Wildman–Crippen LogP) is 3.13. The highest BCUT2D eigenvalue weighted by Gasteiger charge is 2.36. The van der Waals surface area contributed by atoms with Crippen molar-refractivity contribution in [2.24, 2.45) is 0 Å². The monoisotopic (exact) mass is 312 g/mol. The Kier molecular flexibility index (Phi) is 4.54. The van der Waals surface area contributed by atoms with Gasteiger partial charge in [0.25, 0.3) is 5.91 Å². The molecule has 3 unspecified atom stereocenters. The summed E-state index contributed by atoms with van der Waals surface area (Å²) in [7, 11) is 0. The van der Waals surface area contributed by atoms with E-state index in [0.717, 1.165) is 0 Å². The van der Waals surface area contributed by atoms with Gasteiger partial charge in [-0.3, -0.25) is 4.79 Å². The SMILES string of the molecule is CC1CN(C(=O)c2ccc(Cl)c(Cl)c2)C(C#N)C(C)O1. The van der Waals surface area contributed by atoms with E-state index < -0.39 is 6.04 Å². The van der Waals surface area contributed by atoms with E-state index in [4.69, 9.17) is 27.9 Å². The number of hydrogen-bond acceptors (Lipinski definition) is 3. The van der Waals surface area contributed by atoms with E-state index in [1.54, 1.807) is 19.1 Å². The van der Waals surface area contributed by atoms with Crippen molar-refractivity contribution in [3.63, 3.8) is 0 Å². The molecule has 1 fully saturated rings. The first-order chi connectivity index (χ1) is 9.43. The van der Waals surface area contributed by atoms with Gasteiger partial charge in [-0.2, -0.15) is 5.26 Å². The molecule has 1 aromatic carbocycles. The molecule has 3 atom stereocenters. The molecule has 1 aromatic rings. The van der Waals surface area contributed by atoms with Crippen molar-refractivity contribution in [2.45, 2.75) is 32.1 Å². The van der Waals surface area contributed by atoms with Gasteiger partial charge < -0.3 is 9.64 Å². The van der Waals surface area contributed by atoms with Crippen molar-refractivity contribution in [3.05, 3.63) is 33.8 Å². The molecule has 1 amide bonds. The minimum atomic E-state index is -0.604. The molecular formula is C14H14Cl2N2O2. The van der Waals surface area contributed by atoms with Gasteiger partial charge in [0.2, 0.25) is 0 Å². The molecule has 1 aliphatic heterocycles. The van der Waals surface area contributed by atoms with E-state index in [1.165, 1.54) is 11.0 Å². The van der Waals surface area contributed by atoms with Crippen LogP contribution in [0.5, 0.6) is 0 Å². The van der Waals surface area contributed by atoms with Crippen molar-refractivity contribution in [2.75, 3.05) is 6.54 Å². The minimum absolute atomic E-state index is 0.110. The smallest absolute Gasteiger partial charge is 0.255 e. The van der Waals surface area contributed by atoms with Gasteiger partial charge in [0.05, 0.1) is 28.3 Å². The lowest BCUT2D eigenvalue weighted by Crippen LogP contribution is -2.54. The van der Waals surface area contributed by atoms with E-state index in [2.05, 4.69) is 6.07 Å². The lowest BCUT2D eigenvalue weighted by Gasteiger charge is -2.39. The van der Waals surface area contributed by atoms with Crippen LogP contribution in [0.3, 0.4) is 0 Å². The molecule has 4 nitrogen and oxygen atoms in total. The average molecular weight is 313 g/mol. The molecule has 1 aliphatic rings. The van der Waals surface area contributed by atoms with E-state index in [0.29, 0.717) is 22.2 Å². The summed E-state index contributed by atoms with van der Waals surface area (Å²) in [5.74, 6) is -0.239. The van der Waals surface area contributed by atoms with Crippen molar-refractivity contribution in [1.29, 1.82) is 5.26 Å². The van der Waals surface area contributed by atoms with Crippen LogP contribution >= 0.6 is 23.2 Å². The Labute approximate surface area is 127 Å². The van der Waals surface area contributed by atoms with Gasteiger partial charge in [0.15, 0.2) is 0 Å². The van der Waals surface area contributed by atoms with Crippen LogP contribution in [-0.2, 0) is 4.74 Å². The quantitative estimate of drug-likeness (QED) is 0.800. The van der Waals surface area contributed by atoms with Gasteiger partial charge in [-0.05, 0) is 32.0 Å². The van der Waals surface area contributed by atoms with Crippen LogP contribution < -0.4 is 0 Å². The zero-order valence-electron chi connectivity index (χ0n) is 11.1. The maximum atomic E-state index is 12.5. The largest absolute Gasteiger partial charge is 0.370 e. The van der Waals surface area contributed by atoms with Crippen LogP contribution in [0.1, 0.15) is 24.2 Å². The summed E-state index contributed by atoms with van der Waals surface area (Å²) in [6.07, 6.45) is -0.434. The van der Waals surface area contributed by atoms with Crippen molar-refractivity contribution in [1.82, 2.24) is 4.90 Å². The Bertz CT molecular complexity index is 571. The first-order valence-corrected chi connectivity index (χ1v) is 7.00. The summed E-state index contributed by atoms with van der Waals surface area (Å²) in [5.41, 5.74) is 0.418. The summed E-state index contributed by atoms with van der Waals surface area (Å²) in [5, 5.41) is 9.95. The number of nitriles is 1. The third-order valence-electron chi connectivity index (χ3n) is 3.24. The summed E-state index contributed by atoms with van der Waals surface area (Å²) in [4.78, 5) is 14.1. The van der Waals surface area contributed by atoms with E-state index in [1.807, 2.05) is 6.92 Å². The maximum absolute atomic E-state index is 12.5. The summed E-state index contributed by atoms with van der Waals surface area (Å²) in [6.45, 7) is 4.04. The number of benzene rings is 1. The summed E-state index contributed by atoms with van der Waals surface area (Å²) in [6, 6.07) is 6.22. The number of nitrogens with zero attached hydrogens (tertiary/aromatic N) is 2. The number of ether oxygens (including phenoxy) is 1. The second kappa shape index (κ2) is 6.01. The highest BCUT2D eigenvalue weighted by molar-refractivity contribution is 6.42. The maximum Gasteiger partial charge on any atom is 0.255 e. The minimum Gasteiger partial charge on any atom is -0.370 e. The summed E-state index contributed by atoms with van der Waals surface area (Å²) >= 11 is 11.8. The second-order valence-electron chi connectivity index (χ2n) is 4.81. The standard InChI is InChI=1S/C14H14Cl2N2O2/c1-8-7-18(13(6-17)9(2)20-8)14(19)10-3-4-11(15)12(16)5-10/h3-5,8-9,13H,7H2,1-2H3. The lowest BCUT2D eigenvalue weighted by atomic mass is 10.1. The molecule has 106 valence electrons. The second-order valence-corrected chi connectivity index (χ2v) is 5.63. The van der Waals surface area contributed by atoms with E-state index in [9.17, 15) is 10.1 Å². The van der Waals surface area contributed by atoms with Crippen LogP contribution in [0.25, 0.3) is 0 Å². The molecule has 0 saturated carbocycles. The van der Waals surface area contributed by atoms with Gasteiger partial charge in [-0.1, -0.05) is 23.2 Å². The molecule has 0 spiro atoms. The molecule has 0 bridgehead atoms.